The summed E-state index contributed by atoms with van der Waals surface area (Å²) in [7, 11) is 0. The number of aryl methyl sites for hydroxylation is 2. The lowest BCUT2D eigenvalue weighted by molar-refractivity contribution is 0.0954. The number of aromatic nitrogens is 2. The third-order valence-corrected chi connectivity index (χ3v) is 4.23. The molecule has 2 N–H and O–H groups in total. The third kappa shape index (κ3) is 9.00. The monoisotopic (exact) mass is 409 g/mol. The molecule has 0 bridgehead atoms. The van der Waals surface area contributed by atoms with Gasteiger partial charge in [-0.2, -0.15) is 5.26 Å². The van der Waals surface area contributed by atoms with E-state index in [-0.39, 0.29) is 5.91 Å². The van der Waals surface area contributed by atoms with Crippen LogP contribution in [0.3, 0.4) is 0 Å². The summed E-state index contributed by atoms with van der Waals surface area (Å²) < 4.78 is 0. The van der Waals surface area contributed by atoms with E-state index >= 15 is 0 Å². The van der Waals surface area contributed by atoms with Crippen LogP contribution in [0.2, 0.25) is 0 Å². The van der Waals surface area contributed by atoms with Crippen LogP contribution in [-0.2, 0) is 0 Å². The molecule has 0 radical (unpaired) electrons. The van der Waals surface area contributed by atoms with Crippen LogP contribution in [-0.4, -0.2) is 22.4 Å². The molecule has 2 aromatic heterocycles. The number of nitrogens with one attached hydrogen (secondary N) is 2. The molecule has 0 saturated heterocycles. The quantitative estimate of drug-likeness (QED) is 0.561. The van der Waals surface area contributed by atoms with Crippen LogP contribution < -0.4 is 10.6 Å². The second kappa shape index (κ2) is 13.9. The maximum absolute atomic E-state index is 11.9. The second-order valence-electron chi connectivity index (χ2n) is 5.68. The van der Waals surface area contributed by atoms with E-state index in [1.807, 2.05) is 57.3 Å². The predicted molar refractivity (Wildman–Crippen MR) is 119 cm³/mol. The zero-order valence-electron chi connectivity index (χ0n) is 17.3. The maximum atomic E-state index is 11.9. The van der Waals surface area contributed by atoms with Gasteiger partial charge >= 0.3 is 0 Å². The topological polar surface area (TPSA) is 90.7 Å². The smallest absolute Gasteiger partial charge is 0.251 e. The molecule has 0 aliphatic heterocycles. The van der Waals surface area contributed by atoms with Crippen molar-refractivity contribution < 1.29 is 4.79 Å². The normalized spacial score (nSPS) is 9.07. The molecule has 6 nitrogen and oxygen atoms in total. The Hall–Kier alpha value is -3.24. The predicted octanol–water partition coefficient (Wildman–Crippen LogP) is 5.25. The van der Waals surface area contributed by atoms with Gasteiger partial charge in [-0.3, -0.25) is 9.78 Å². The first-order valence-corrected chi connectivity index (χ1v) is 10.3. The molecule has 152 valence electrons. The molecular formula is C22H27N5OS. The molecule has 0 aliphatic carbocycles. The summed E-state index contributed by atoms with van der Waals surface area (Å²) in [6.45, 7) is 8.37. The van der Waals surface area contributed by atoms with Crippen LogP contribution in [0.4, 0.5) is 10.8 Å². The summed E-state index contributed by atoms with van der Waals surface area (Å²) in [5, 5.41) is 17.0. The molecule has 1 aromatic carbocycles. The SMILES string of the molecule is CC.Cc1ccc(C(=O)NCCC#N)cc1Nc1nccs1.Cc1ccncc1. The molecule has 1 amide bonds. The molecule has 0 saturated carbocycles. The van der Waals surface area contributed by atoms with Gasteiger partial charge in [0.2, 0.25) is 0 Å². The summed E-state index contributed by atoms with van der Waals surface area (Å²) in [6.07, 6.45) is 5.60. The van der Waals surface area contributed by atoms with Crippen molar-refractivity contribution in [2.24, 2.45) is 0 Å². The Morgan fingerprint density at radius 1 is 1.14 bits per heavy atom. The van der Waals surface area contributed by atoms with Crippen molar-refractivity contribution in [3.63, 3.8) is 0 Å². The highest BCUT2D eigenvalue weighted by Gasteiger charge is 2.08. The third-order valence-electron chi connectivity index (χ3n) is 3.54. The Balaban J connectivity index is 0.000000390. The van der Waals surface area contributed by atoms with Crippen molar-refractivity contribution in [2.75, 3.05) is 11.9 Å². The molecule has 0 spiro atoms. The van der Waals surface area contributed by atoms with Gasteiger partial charge in [-0.1, -0.05) is 19.9 Å². The van der Waals surface area contributed by atoms with Crippen LogP contribution >= 0.6 is 11.3 Å². The number of hydrogen-bond donors (Lipinski definition) is 2. The first-order valence-electron chi connectivity index (χ1n) is 9.39. The molecule has 29 heavy (non-hydrogen) atoms. The summed E-state index contributed by atoms with van der Waals surface area (Å²) in [4.78, 5) is 19.9. The highest BCUT2D eigenvalue weighted by Crippen LogP contribution is 2.23. The Morgan fingerprint density at radius 3 is 2.41 bits per heavy atom. The van der Waals surface area contributed by atoms with Crippen molar-refractivity contribution >= 4 is 28.1 Å². The Kier molecular flexibility index (Phi) is 11.4. The lowest BCUT2D eigenvalue weighted by Crippen LogP contribution is -2.24. The minimum absolute atomic E-state index is 0.178. The van der Waals surface area contributed by atoms with Crippen molar-refractivity contribution in [2.45, 2.75) is 34.1 Å². The van der Waals surface area contributed by atoms with E-state index in [0.29, 0.717) is 18.5 Å². The summed E-state index contributed by atoms with van der Waals surface area (Å²) >= 11 is 1.50. The van der Waals surface area contributed by atoms with Gasteiger partial charge in [-0.25, -0.2) is 4.98 Å². The lowest BCUT2D eigenvalue weighted by Gasteiger charge is -2.09. The fourth-order valence-corrected chi connectivity index (χ4v) is 2.60. The zero-order chi connectivity index (χ0) is 21.5. The van der Waals surface area contributed by atoms with E-state index in [0.717, 1.165) is 16.4 Å². The number of anilines is 2. The van der Waals surface area contributed by atoms with Gasteiger partial charge in [0, 0.05) is 41.8 Å². The minimum atomic E-state index is -0.178. The largest absolute Gasteiger partial charge is 0.351 e. The van der Waals surface area contributed by atoms with Crippen LogP contribution in [0.5, 0.6) is 0 Å². The van der Waals surface area contributed by atoms with Crippen LogP contribution in [0, 0.1) is 25.2 Å². The Labute approximate surface area is 176 Å². The molecule has 2 heterocycles. The molecule has 0 atom stereocenters. The van der Waals surface area contributed by atoms with Gasteiger partial charge in [-0.15, -0.1) is 11.3 Å². The van der Waals surface area contributed by atoms with Crippen molar-refractivity contribution in [1.29, 1.82) is 5.26 Å². The van der Waals surface area contributed by atoms with E-state index in [2.05, 4.69) is 20.6 Å². The van der Waals surface area contributed by atoms with Gasteiger partial charge in [0.15, 0.2) is 5.13 Å². The van der Waals surface area contributed by atoms with E-state index in [9.17, 15) is 4.79 Å². The number of hydrogen-bond acceptors (Lipinski definition) is 6. The van der Waals surface area contributed by atoms with Crippen molar-refractivity contribution in [3.8, 4) is 6.07 Å². The molecule has 0 aliphatic rings. The number of benzene rings is 1. The number of amides is 1. The number of carbonyl (C=O) groups excluding carboxylic acids is 1. The number of thiazole rings is 1. The fourth-order valence-electron chi connectivity index (χ4n) is 2.06. The molecule has 3 aromatic rings. The maximum Gasteiger partial charge on any atom is 0.251 e. The van der Waals surface area contributed by atoms with E-state index < -0.39 is 0 Å². The Morgan fingerprint density at radius 2 is 1.86 bits per heavy atom. The van der Waals surface area contributed by atoms with Gasteiger partial charge in [0.1, 0.15) is 0 Å². The number of carbonyl (C=O) groups is 1. The fraction of sp³-hybridized carbons (Fsp3) is 0.273. The molecule has 0 unspecified atom stereocenters. The summed E-state index contributed by atoms with van der Waals surface area (Å²) in [5.74, 6) is -0.178. The van der Waals surface area contributed by atoms with Crippen molar-refractivity contribution in [3.05, 3.63) is 71.0 Å². The molecule has 7 heteroatoms. The van der Waals surface area contributed by atoms with Crippen LogP contribution in [0.1, 0.15) is 41.8 Å². The van der Waals surface area contributed by atoms with Gasteiger partial charge in [0.05, 0.1) is 12.5 Å². The lowest BCUT2D eigenvalue weighted by atomic mass is 10.1. The van der Waals surface area contributed by atoms with E-state index in [4.69, 9.17) is 5.26 Å². The Bertz CT molecular complexity index is 889. The number of nitriles is 1. The van der Waals surface area contributed by atoms with Gasteiger partial charge < -0.3 is 10.6 Å². The first-order chi connectivity index (χ1) is 14.1. The van der Waals surface area contributed by atoms with E-state index in [1.165, 1.54) is 16.9 Å². The molecule has 0 fully saturated rings. The van der Waals surface area contributed by atoms with Gasteiger partial charge in [-0.05, 0) is 49.2 Å². The van der Waals surface area contributed by atoms with E-state index in [1.54, 1.807) is 30.7 Å². The van der Waals surface area contributed by atoms with Gasteiger partial charge in [0.25, 0.3) is 5.91 Å². The summed E-state index contributed by atoms with van der Waals surface area (Å²) in [6, 6.07) is 11.4. The highest BCUT2D eigenvalue weighted by molar-refractivity contribution is 7.13. The first kappa shape index (κ1) is 23.8. The minimum Gasteiger partial charge on any atom is -0.351 e. The highest BCUT2D eigenvalue weighted by atomic mass is 32.1. The number of rotatable bonds is 5. The number of pyridine rings is 1. The van der Waals surface area contributed by atoms with Crippen LogP contribution in [0.15, 0.2) is 54.3 Å². The summed E-state index contributed by atoms with van der Waals surface area (Å²) in [5.41, 5.74) is 3.71. The standard InChI is InChI=1S/C14H14N4OS.C6H7N.C2H6/c1-10-3-4-11(13(19)16-6-2-5-15)9-12(10)18-14-17-7-8-20-14;1-6-2-4-7-5-3-6;1-2/h3-4,7-9H,2,6H2,1H3,(H,16,19)(H,17,18);2-5H,1H3;1-2H3. The van der Waals surface area contributed by atoms with Crippen LogP contribution in [0.25, 0.3) is 0 Å². The average molecular weight is 410 g/mol. The average Bonchev–Trinajstić information content (AvgIpc) is 3.25. The molecular weight excluding hydrogens is 382 g/mol. The zero-order valence-corrected chi connectivity index (χ0v) is 18.1. The molecule has 3 rings (SSSR count). The second-order valence-corrected chi connectivity index (χ2v) is 6.58. The van der Waals surface area contributed by atoms with Crippen molar-refractivity contribution in [1.82, 2.24) is 15.3 Å². The number of nitrogens with zero attached hydrogens (tertiary/aromatic N) is 3.